The number of hydrogen-bond acceptors (Lipinski definition) is 3. The number of carboxylic acids is 1. The fourth-order valence-electron chi connectivity index (χ4n) is 2.06. The number of likely N-dealkylation sites (tertiary alicyclic amines) is 1. The summed E-state index contributed by atoms with van der Waals surface area (Å²) in [7, 11) is 0. The van der Waals surface area contributed by atoms with Gasteiger partial charge in [0.15, 0.2) is 0 Å². The van der Waals surface area contributed by atoms with Crippen molar-refractivity contribution in [2.75, 3.05) is 13.1 Å². The maximum Gasteiger partial charge on any atom is 0.323 e. The van der Waals surface area contributed by atoms with Gasteiger partial charge >= 0.3 is 5.97 Å². The summed E-state index contributed by atoms with van der Waals surface area (Å²) in [5.74, 6) is -1.53. The van der Waals surface area contributed by atoms with Crippen molar-refractivity contribution >= 4 is 17.8 Å². The highest BCUT2D eigenvalue weighted by molar-refractivity contribution is 5.89. The average Bonchev–Trinajstić information content (AvgIpc) is 2.51. The molecule has 0 saturated carbocycles. The molecule has 0 unspecified atom stereocenters. The van der Waals surface area contributed by atoms with Crippen molar-refractivity contribution in [1.29, 1.82) is 0 Å². The molecule has 1 aliphatic heterocycles. The number of aliphatic carboxylic acids is 1. The van der Waals surface area contributed by atoms with E-state index in [0.717, 1.165) is 12.8 Å². The van der Waals surface area contributed by atoms with Crippen LogP contribution in [-0.4, -0.2) is 46.9 Å². The molecule has 1 heterocycles. The maximum absolute atomic E-state index is 12.1. The molecule has 0 aromatic rings. The predicted octanol–water partition coefficient (Wildman–Crippen LogP) is 0.534. The van der Waals surface area contributed by atoms with Gasteiger partial charge in [-0.15, -0.1) is 6.58 Å². The number of allylic oxidation sites excluding steroid dienone is 1. The Morgan fingerprint density at radius 2 is 2.21 bits per heavy atom. The van der Waals surface area contributed by atoms with Gasteiger partial charge in [0.05, 0.1) is 0 Å². The normalized spacial score (nSPS) is 19.7. The second-order valence-corrected chi connectivity index (χ2v) is 4.60. The van der Waals surface area contributed by atoms with Crippen molar-refractivity contribution in [1.82, 2.24) is 10.2 Å². The Morgan fingerprint density at radius 3 is 2.84 bits per heavy atom. The van der Waals surface area contributed by atoms with E-state index in [-0.39, 0.29) is 18.4 Å². The summed E-state index contributed by atoms with van der Waals surface area (Å²) < 4.78 is 0. The molecule has 0 aromatic carbocycles. The molecule has 6 heteroatoms. The van der Waals surface area contributed by atoms with Gasteiger partial charge in [-0.2, -0.15) is 0 Å². The molecule has 19 heavy (non-hydrogen) atoms. The number of hydrogen-bond donors (Lipinski definition) is 2. The minimum absolute atomic E-state index is 0.199. The summed E-state index contributed by atoms with van der Waals surface area (Å²) >= 11 is 0. The topological polar surface area (TPSA) is 86.7 Å². The van der Waals surface area contributed by atoms with Crippen LogP contribution in [0.4, 0.5) is 0 Å². The van der Waals surface area contributed by atoms with Crippen LogP contribution in [0, 0.1) is 0 Å². The molecule has 1 aliphatic rings. The molecule has 2 N–H and O–H groups in total. The fraction of sp³-hybridized carbons (Fsp3) is 0.615. The summed E-state index contributed by atoms with van der Waals surface area (Å²) in [5.41, 5.74) is 0. The predicted molar refractivity (Wildman–Crippen MR) is 69.4 cm³/mol. The van der Waals surface area contributed by atoms with Gasteiger partial charge in [-0.25, -0.2) is 0 Å². The number of amides is 2. The van der Waals surface area contributed by atoms with Crippen LogP contribution in [0.2, 0.25) is 0 Å². The lowest BCUT2D eigenvalue weighted by Gasteiger charge is -2.23. The SMILES string of the molecule is C=CCCC(=O)N[C@H]1CCCCN(CC(=O)O)C1=O. The standard InChI is InChI=1S/C13H20N2O4/c1-2-3-7-11(16)14-10-6-4-5-8-15(13(10)19)9-12(17)18/h2,10H,1,3-9H2,(H,14,16)(H,17,18)/t10-/m0/s1. The van der Waals surface area contributed by atoms with E-state index in [1.807, 2.05) is 0 Å². The summed E-state index contributed by atoms with van der Waals surface area (Å²) in [6.45, 7) is 3.66. The molecule has 1 atom stereocenters. The Bertz CT molecular complexity index is 368. The van der Waals surface area contributed by atoms with Crippen molar-refractivity contribution in [3.63, 3.8) is 0 Å². The van der Waals surface area contributed by atoms with Crippen LogP contribution >= 0.6 is 0 Å². The van der Waals surface area contributed by atoms with E-state index >= 15 is 0 Å². The van der Waals surface area contributed by atoms with Crippen LogP contribution in [0.3, 0.4) is 0 Å². The zero-order valence-corrected chi connectivity index (χ0v) is 10.9. The minimum Gasteiger partial charge on any atom is -0.480 e. The number of nitrogens with one attached hydrogen (secondary N) is 1. The molecule has 2 amide bonds. The van der Waals surface area contributed by atoms with Gasteiger partial charge in [0.1, 0.15) is 12.6 Å². The number of nitrogens with zero attached hydrogens (tertiary/aromatic N) is 1. The first kappa shape index (κ1) is 15.2. The smallest absolute Gasteiger partial charge is 0.323 e. The second-order valence-electron chi connectivity index (χ2n) is 4.60. The molecular weight excluding hydrogens is 248 g/mol. The van der Waals surface area contributed by atoms with Crippen LogP contribution in [0.25, 0.3) is 0 Å². The van der Waals surface area contributed by atoms with Crippen molar-refractivity contribution in [2.24, 2.45) is 0 Å². The molecule has 106 valence electrons. The van der Waals surface area contributed by atoms with E-state index < -0.39 is 12.0 Å². The van der Waals surface area contributed by atoms with E-state index in [1.165, 1.54) is 4.90 Å². The number of carbonyl (C=O) groups excluding carboxylic acids is 2. The van der Waals surface area contributed by atoms with E-state index in [9.17, 15) is 14.4 Å². The van der Waals surface area contributed by atoms with Crippen LogP contribution in [0.15, 0.2) is 12.7 Å². The lowest BCUT2D eigenvalue weighted by molar-refractivity contribution is -0.145. The van der Waals surface area contributed by atoms with Gasteiger partial charge in [-0.3, -0.25) is 14.4 Å². The first-order valence-corrected chi connectivity index (χ1v) is 6.45. The fourth-order valence-corrected chi connectivity index (χ4v) is 2.06. The molecule has 0 bridgehead atoms. The minimum atomic E-state index is -1.04. The van der Waals surface area contributed by atoms with E-state index in [0.29, 0.717) is 25.8 Å². The summed E-state index contributed by atoms with van der Waals surface area (Å²) in [6.07, 6.45) is 4.63. The zero-order chi connectivity index (χ0) is 14.3. The number of carboxylic acid groups (broad SMARTS) is 1. The number of rotatable bonds is 6. The third-order valence-corrected chi connectivity index (χ3v) is 3.02. The maximum atomic E-state index is 12.1. The molecule has 1 fully saturated rings. The van der Waals surface area contributed by atoms with Crippen LogP contribution in [-0.2, 0) is 14.4 Å². The quantitative estimate of drug-likeness (QED) is 0.688. The molecule has 0 radical (unpaired) electrons. The van der Waals surface area contributed by atoms with Crippen molar-refractivity contribution in [3.8, 4) is 0 Å². The summed E-state index contributed by atoms with van der Waals surface area (Å²) in [4.78, 5) is 35.7. The lowest BCUT2D eigenvalue weighted by atomic mass is 10.1. The number of carbonyl (C=O) groups is 3. The van der Waals surface area contributed by atoms with E-state index in [2.05, 4.69) is 11.9 Å². The van der Waals surface area contributed by atoms with Gasteiger partial charge in [-0.05, 0) is 25.7 Å². The van der Waals surface area contributed by atoms with Gasteiger partial charge in [0.2, 0.25) is 11.8 Å². The molecular formula is C13H20N2O4. The molecule has 0 aliphatic carbocycles. The Kier molecular flexibility index (Phi) is 6.05. The van der Waals surface area contributed by atoms with Gasteiger partial charge < -0.3 is 15.3 Å². The largest absolute Gasteiger partial charge is 0.480 e. The van der Waals surface area contributed by atoms with Crippen LogP contribution in [0.5, 0.6) is 0 Å². The molecule has 1 rings (SSSR count). The average molecular weight is 268 g/mol. The highest BCUT2D eigenvalue weighted by Crippen LogP contribution is 2.12. The summed E-state index contributed by atoms with van der Waals surface area (Å²) in [6, 6.07) is -0.598. The first-order valence-electron chi connectivity index (χ1n) is 6.45. The molecule has 0 spiro atoms. The van der Waals surface area contributed by atoms with Gasteiger partial charge in [0.25, 0.3) is 0 Å². The monoisotopic (exact) mass is 268 g/mol. The summed E-state index contributed by atoms with van der Waals surface area (Å²) in [5, 5.41) is 11.4. The van der Waals surface area contributed by atoms with Gasteiger partial charge in [-0.1, -0.05) is 6.08 Å². The van der Waals surface area contributed by atoms with Gasteiger partial charge in [0, 0.05) is 13.0 Å². The first-order chi connectivity index (χ1) is 9.04. The van der Waals surface area contributed by atoms with E-state index in [1.54, 1.807) is 6.08 Å². The Hall–Kier alpha value is -1.85. The Balaban J connectivity index is 2.59. The molecule has 6 nitrogen and oxygen atoms in total. The highest BCUT2D eigenvalue weighted by Gasteiger charge is 2.28. The Morgan fingerprint density at radius 1 is 1.47 bits per heavy atom. The van der Waals surface area contributed by atoms with Crippen molar-refractivity contribution in [2.45, 2.75) is 38.1 Å². The third kappa shape index (κ3) is 5.11. The second kappa shape index (κ2) is 7.56. The lowest BCUT2D eigenvalue weighted by Crippen LogP contribution is -2.48. The van der Waals surface area contributed by atoms with Crippen LogP contribution < -0.4 is 5.32 Å². The van der Waals surface area contributed by atoms with Crippen molar-refractivity contribution < 1.29 is 19.5 Å². The van der Waals surface area contributed by atoms with E-state index in [4.69, 9.17) is 5.11 Å². The van der Waals surface area contributed by atoms with Crippen LogP contribution in [0.1, 0.15) is 32.1 Å². The van der Waals surface area contributed by atoms with Crippen molar-refractivity contribution in [3.05, 3.63) is 12.7 Å². The third-order valence-electron chi connectivity index (χ3n) is 3.02. The zero-order valence-electron chi connectivity index (χ0n) is 10.9. The Labute approximate surface area is 112 Å². The highest BCUT2D eigenvalue weighted by atomic mass is 16.4. The molecule has 0 aromatic heterocycles. The molecule has 1 saturated heterocycles.